The third kappa shape index (κ3) is 4.62. The van der Waals surface area contributed by atoms with Crippen LogP contribution in [-0.2, 0) is 23.9 Å². The van der Waals surface area contributed by atoms with E-state index in [1.807, 2.05) is 0 Å². The molecular weight excluding hydrogens is 409 g/mol. The van der Waals surface area contributed by atoms with Crippen LogP contribution in [0.5, 0.6) is 0 Å². The van der Waals surface area contributed by atoms with Gasteiger partial charge in [-0.3, -0.25) is 14.8 Å². The van der Waals surface area contributed by atoms with Crippen LogP contribution in [0.3, 0.4) is 0 Å². The summed E-state index contributed by atoms with van der Waals surface area (Å²) >= 11 is 0. The first-order chi connectivity index (χ1) is 14.9. The van der Waals surface area contributed by atoms with Gasteiger partial charge in [-0.05, 0) is 36.8 Å². The standard InChI is InChI=1S/C22H27F3N4O2/c1-31-13-12-28-9-8-17-19(14-28)26-27-20(17)21(30)29-10-6-15(7-11-29)16-4-2-3-5-18(16)22(23,24)25/h2-5,15H,6-14H2,1H3,(H,26,27). The van der Waals surface area contributed by atoms with Crippen molar-refractivity contribution >= 4 is 5.91 Å². The minimum absolute atomic E-state index is 0.134. The number of piperidine rings is 1. The van der Waals surface area contributed by atoms with Crippen molar-refractivity contribution in [3.63, 3.8) is 0 Å². The molecule has 9 heteroatoms. The molecule has 0 saturated carbocycles. The number of benzene rings is 1. The molecule has 2 aliphatic heterocycles. The summed E-state index contributed by atoms with van der Waals surface area (Å²) < 4.78 is 45.2. The van der Waals surface area contributed by atoms with E-state index in [0.29, 0.717) is 50.3 Å². The molecule has 4 rings (SSSR count). The maximum atomic E-state index is 13.4. The third-order valence-electron chi connectivity index (χ3n) is 6.31. The predicted molar refractivity (Wildman–Crippen MR) is 109 cm³/mol. The van der Waals surface area contributed by atoms with E-state index in [-0.39, 0.29) is 11.8 Å². The average Bonchev–Trinajstić information content (AvgIpc) is 3.20. The van der Waals surface area contributed by atoms with Crippen molar-refractivity contribution < 1.29 is 22.7 Å². The molecule has 31 heavy (non-hydrogen) atoms. The monoisotopic (exact) mass is 436 g/mol. The van der Waals surface area contributed by atoms with Crippen molar-refractivity contribution in [2.45, 2.75) is 37.9 Å². The van der Waals surface area contributed by atoms with E-state index in [2.05, 4.69) is 15.1 Å². The number of amides is 1. The van der Waals surface area contributed by atoms with E-state index in [0.717, 1.165) is 36.8 Å². The van der Waals surface area contributed by atoms with Gasteiger partial charge >= 0.3 is 6.18 Å². The molecule has 1 saturated heterocycles. The maximum Gasteiger partial charge on any atom is 0.416 e. The largest absolute Gasteiger partial charge is 0.416 e. The van der Waals surface area contributed by atoms with Crippen molar-refractivity contribution in [2.75, 3.05) is 39.9 Å². The second-order valence-corrected chi connectivity index (χ2v) is 8.20. The molecule has 3 heterocycles. The Labute approximate surface area is 179 Å². The zero-order valence-electron chi connectivity index (χ0n) is 17.5. The number of carbonyl (C=O) groups excluding carboxylic acids is 1. The fraction of sp³-hybridized carbons (Fsp3) is 0.545. The number of methoxy groups -OCH3 is 1. The number of rotatable bonds is 5. The first kappa shape index (κ1) is 21.8. The molecular formula is C22H27F3N4O2. The van der Waals surface area contributed by atoms with Crippen LogP contribution in [0.25, 0.3) is 0 Å². The van der Waals surface area contributed by atoms with E-state index in [1.165, 1.54) is 6.07 Å². The van der Waals surface area contributed by atoms with Gasteiger partial charge in [0.15, 0.2) is 5.69 Å². The summed E-state index contributed by atoms with van der Waals surface area (Å²) in [6.45, 7) is 3.88. The molecule has 6 nitrogen and oxygen atoms in total. The summed E-state index contributed by atoms with van der Waals surface area (Å²) in [6, 6.07) is 5.76. The molecule has 1 N–H and O–H groups in total. The molecule has 168 valence electrons. The first-order valence-corrected chi connectivity index (χ1v) is 10.6. The average molecular weight is 436 g/mol. The van der Waals surface area contributed by atoms with Crippen LogP contribution >= 0.6 is 0 Å². The van der Waals surface area contributed by atoms with Crippen LogP contribution < -0.4 is 0 Å². The van der Waals surface area contributed by atoms with Crippen molar-refractivity contribution in [1.82, 2.24) is 20.0 Å². The van der Waals surface area contributed by atoms with Crippen molar-refractivity contribution in [3.05, 3.63) is 52.3 Å². The van der Waals surface area contributed by atoms with E-state index in [9.17, 15) is 18.0 Å². The first-order valence-electron chi connectivity index (χ1n) is 10.6. The van der Waals surface area contributed by atoms with Crippen molar-refractivity contribution in [1.29, 1.82) is 0 Å². The molecule has 2 aliphatic rings. The molecule has 0 aliphatic carbocycles. The quantitative estimate of drug-likeness (QED) is 0.780. The molecule has 1 aromatic carbocycles. The lowest BCUT2D eigenvalue weighted by Crippen LogP contribution is -2.39. The number of fused-ring (bicyclic) bond motifs is 1. The molecule has 0 spiro atoms. The summed E-state index contributed by atoms with van der Waals surface area (Å²) in [5.41, 5.74) is 2.13. The van der Waals surface area contributed by atoms with Gasteiger partial charge in [-0.1, -0.05) is 18.2 Å². The molecule has 0 atom stereocenters. The number of alkyl halides is 3. The Morgan fingerprint density at radius 1 is 1.23 bits per heavy atom. The third-order valence-corrected chi connectivity index (χ3v) is 6.31. The Morgan fingerprint density at radius 3 is 2.68 bits per heavy atom. The fourth-order valence-electron chi connectivity index (χ4n) is 4.62. The highest BCUT2D eigenvalue weighted by atomic mass is 19.4. The minimum atomic E-state index is -4.37. The Morgan fingerprint density at radius 2 is 1.97 bits per heavy atom. The normalized spacial score (nSPS) is 18.3. The number of carbonyl (C=O) groups is 1. The number of hydrogen-bond donors (Lipinski definition) is 1. The Bertz CT molecular complexity index is 920. The summed E-state index contributed by atoms with van der Waals surface area (Å²) in [5.74, 6) is -0.338. The lowest BCUT2D eigenvalue weighted by Gasteiger charge is -2.33. The van der Waals surface area contributed by atoms with E-state index in [1.54, 1.807) is 24.1 Å². The Balaban J connectivity index is 1.41. The molecule has 0 radical (unpaired) electrons. The number of aromatic amines is 1. The van der Waals surface area contributed by atoms with Gasteiger partial charge < -0.3 is 9.64 Å². The highest BCUT2D eigenvalue weighted by molar-refractivity contribution is 5.94. The number of halogens is 3. The zero-order valence-corrected chi connectivity index (χ0v) is 17.5. The summed E-state index contributed by atoms with van der Waals surface area (Å²) in [5, 5.41) is 7.29. The van der Waals surface area contributed by atoms with Gasteiger partial charge in [-0.25, -0.2) is 0 Å². The van der Waals surface area contributed by atoms with Crippen LogP contribution in [0.4, 0.5) is 13.2 Å². The molecule has 0 bridgehead atoms. The van der Waals surface area contributed by atoms with Crippen LogP contribution in [0.2, 0.25) is 0 Å². The van der Waals surface area contributed by atoms with Crippen LogP contribution in [0.15, 0.2) is 24.3 Å². The lowest BCUT2D eigenvalue weighted by atomic mass is 9.86. The van der Waals surface area contributed by atoms with Gasteiger partial charge in [0.25, 0.3) is 5.91 Å². The number of ether oxygens (including phenoxy) is 1. The van der Waals surface area contributed by atoms with Gasteiger partial charge in [-0.15, -0.1) is 0 Å². The van der Waals surface area contributed by atoms with E-state index < -0.39 is 11.7 Å². The summed E-state index contributed by atoms with van der Waals surface area (Å²) in [7, 11) is 1.67. The smallest absolute Gasteiger partial charge is 0.383 e. The Kier molecular flexibility index (Phi) is 6.34. The number of likely N-dealkylation sites (tertiary alicyclic amines) is 1. The lowest BCUT2D eigenvalue weighted by molar-refractivity contribution is -0.138. The number of nitrogens with zero attached hydrogens (tertiary/aromatic N) is 3. The second kappa shape index (κ2) is 9.00. The fourth-order valence-corrected chi connectivity index (χ4v) is 4.62. The van der Waals surface area contributed by atoms with Gasteiger partial charge in [0.1, 0.15) is 0 Å². The summed E-state index contributed by atoms with van der Waals surface area (Å²) in [4.78, 5) is 17.1. The molecule has 2 aromatic rings. The van der Waals surface area contributed by atoms with Gasteiger partial charge in [0.2, 0.25) is 0 Å². The number of H-pyrrole nitrogens is 1. The highest BCUT2D eigenvalue weighted by Gasteiger charge is 2.36. The van der Waals surface area contributed by atoms with Crippen LogP contribution in [0.1, 0.15) is 51.6 Å². The van der Waals surface area contributed by atoms with Gasteiger partial charge in [0, 0.05) is 45.4 Å². The van der Waals surface area contributed by atoms with E-state index in [4.69, 9.17) is 4.74 Å². The number of hydrogen-bond acceptors (Lipinski definition) is 4. The van der Waals surface area contributed by atoms with Crippen molar-refractivity contribution in [2.24, 2.45) is 0 Å². The molecule has 1 fully saturated rings. The molecule has 1 amide bonds. The van der Waals surface area contributed by atoms with Crippen LogP contribution in [-0.4, -0.2) is 65.8 Å². The van der Waals surface area contributed by atoms with Gasteiger partial charge in [-0.2, -0.15) is 18.3 Å². The molecule has 1 aromatic heterocycles. The number of nitrogens with one attached hydrogen (secondary N) is 1. The van der Waals surface area contributed by atoms with Gasteiger partial charge in [0.05, 0.1) is 17.9 Å². The summed E-state index contributed by atoms with van der Waals surface area (Å²) in [6.07, 6.45) is -2.60. The topological polar surface area (TPSA) is 61.5 Å². The zero-order chi connectivity index (χ0) is 22.0. The SMILES string of the molecule is COCCN1CCc2c(C(=O)N3CCC(c4ccccc4C(F)(F)F)CC3)n[nH]c2C1. The molecule has 0 unspecified atom stereocenters. The Hall–Kier alpha value is -2.39. The highest BCUT2D eigenvalue weighted by Crippen LogP contribution is 2.38. The maximum absolute atomic E-state index is 13.4. The predicted octanol–water partition coefficient (Wildman–Crippen LogP) is 3.45. The minimum Gasteiger partial charge on any atom is -0.383 e. The second-order valence-electron chi connectivity index (χ2n) is 8.20. The number of aromatic nitrogens is 2. The van der Waals surface area contributed by atoms with E-state index >= 15 is 0 Å². The van der Waals surface area contributed by atoms with Crippen LogP contribution in [0, 0.1) is 0 Å². The van der Waals surface area contributed by atoms with Crippen molar-refractivity contribution in [3.8, 4) is 0 Å².